The minimum atomic E-state index is -1.13. The summed E-state index contributed by atoms with van der Waals surface area (Å²) in [5, 5.41) is 8.67. The molecular weight excluding hydrogens is 188 g/mol. The minimum Gasteiger partial charge on any atom is -0.479 e. The number of hydrogen-bond acceptors (Lipinski definition) is 4. The molecule has 0 rings (SSSR count). The molecule has 0 saturated carbocycles. The normalized spacial score (nSPS) is 14.5. The second-order valence-electron chi connectivity index (χ2n) is 2.94. The van der Waals surface area contributed by atoms with Crippen molar-refractivity contribution in [2.45, 2.75) is 38.9 Å². The topological polar surface area (TPSA) is 72.8 Å². The minimum absolute atomic E-state index is 0.292. The summed E-state index contributed by atoms with van der Waals surface area (Å²) in [4.78, 5) is 21.6. The van der Waals surface area contributed by atoms with Crippen LogP contribution in [-0.2, 0) is 19.1 Å². The van der Waals surface area contributed by atoms with Crippen molar-refractivity contribution in [1.29, 1.82) is 0 Å². The van der Waals surface area contributed by atoms with Crippen molar-refractivity contribution in [3.05, 3.63) is 0 Å². The maximum Gasteiger partial charge on any atom is 0.336 e. The van der Waals surface area contributed by atoms with Gasteiger partial charge in [-0.1, -0.05) is 6.92 Å². The lowest BCUT2D eigenvalue weighted by Gasteiger charge is -2.18. The van der Waals surface area contributed by atoms with Gasteiger partial charge in [0.25, 0.3) is 0 Å². The first-order chi connectivity index (χ1) is 6.52. The number of methoxy groups -OCH3 is 1. The molecule has 0 saturated heterocycles. The Hall–Kier alpha value is -1.10. The van der Waals surface area contributed by atoms with Crippen LogP contribution in [0.2, 0.25) is 0 Å². The summed E-state index contributed by atoms with van der Waals surface area (Å²) in [6.45, 7) is 3.34. The van der Waals surface area contributed by atoms with E-state index >= 15 is 0 Å². The van der Waals surface area contributed by atoms with Crippen molar-refractivity contribution in [1.82, 2.24) is 0 Å². The van der Waals surface area contributed by atoms with Gasteiger partial charge < -0.3 is 14.6 Å². The Balaban J connectivity index is 4.10. The first-order valence-corrected chi connectivity index (χ1v) is 4.48. The molecule has 82 valence electrons. The van der Waals surface area contributed by atoms with E-state index in [-0.39, 0.29) is 0 Å². The van der Waals surface area contributed by atoms with E-state index in [1.807, 2.05) is 6.92 Å². The van der Waals surface area contributed by atoms with Crippen LogP contribution in [0.1, 0.15) is 26.7 Å². The van der Waals surface area contributed by atoms with Gasteiger partial charge in [-0.25, -0.2) is 4.79 Å². The Morgan fingerprint density at radius 1 is 1.43 bits per heavy atom. The summed E-state index contributed by atoms with van der Waals surface area (Å²) in [5.41, 5.74) is 0. The van der Waals surface area contributed by atoms with Crippen LogP contribution in [-0.4, -0.2) is 36.4 Å². The van der Waals surface area contributed by atoms with Gasteiger partial charge in [0.05, 0.1) is 0 Å². The molecule has 5 heteroatoms. The van der Waals surface area contributed by atoms with Crippen LogP contribution >= 0.6 is 0 Å². The van der Waals surface area contributed by atoms with Crippen LogP contribution in [0.15, 0.2) is 0 Å². The van der Waals surface area contributed by atoms with Crippen molar-refractivity contribution < 1.29 is 24.2 Å². The summed E-state index contributed by atoms with van der Waals surface area (Å²) in [6.07, 6.45) is -0.899. The SMILES string of the molecule is CCCC(=O)OC(C)C(OC)C(=O)O. The van der Waals surface area contributed by atoms with Gasteiger partial charge in [0.15, 0.2) is 6.10 Å². The quantitative estimate of drug-likeness (QED) is 0.648. The lowest BCUT2D eigenvalue weighted by atomic mass is 10.2. The smallest absolute Gasteiger partial charge is 0.336 e. The molecule has 0 aliphatic carbocycles. The zero-order chi connectivity index (χ0) is 11.1. The van der Waals surface area contributed by atoms with Crippen LogP contribution in [0, 0.1) is 0 Å². The molecule has 0 aliphatic rings. The molecule has 2 unspecified atom stereocenters. The van der Waals surface area contributed by atoms with Crippen LogP contribution in [0.25, 0.3) is 0 Å². The number of aliphatic carboxylic acids is 1. The standard InChI is InChI=1S/C9H16O5/c1-4-5-7(10)14-6(2)8(13-3)9(11)12/h6,8H,4-5H2,1-3H3,(H,11,12). The number of carbonyl (C=O) groups is 2. The monoisotopic (exact) mass is 204 g/mol. The highest BCUT2D eigenvalue weighted by Crippen LogP contribution is 2.05. The predicted octanol–water partition coefficient (Wildman–Crippen LogP) is 0.818. The van der Waals surface area contributed by atoms with Gasteiger partial charge in [-0.05, 0) is 13.3 Å². The second kappa shape index (κ2) is 6.37. The molecule has 2 atom stereocenters. The number of hydrogen-bond donors (Lipinski definition) is 1. The van der Waals surface area contributed by atoms with Gasteiger partial charge in [0, 0.05) is 13.5 Å². The van der Waals surface area contributed by atoms with Crippen LogP contribution in [0.4, 0.5) is 0 Å². The Kier molecular flexibility index (Phi) is 5.87. The maximum absolute atomic E-state index is 11.0. The number of carbonyl (C=O) groups excluding carboxylic acids is 1. The largest absolute Gasteiger partial charge is 0.479 e. The number of carboxylic acid groups (broad SMARTS) is 1. The predicted molar refractivity (Wildman–Crippen MR) is 48.9 cm³/mol. The van der Waals surface area contributed by atoms with Crippen molar-refractivity contribution in [3.63, 3.8) is 0 Å². The molecule has 0 aromatic carbocycles. The van der Waals surface area contributed by atoms with E-state index in [1.54, 1.807) is 0 Å². The Labute approximate surface area is 83.0 Å². The maximum atomic E-state index is 11.0. The van der Waals surface area contributed by atoms with E-state index in [0.29, 0.717) is 12.8 Å². The van der Waals surface area contributed by atoms with E-state index in [2.05, 4.69) is 4.74 Å². The zero-order valence-electron chi connectivity index (χ0n) is 8.65. The highest BCUT2D eigenvalue weighted by atomic mass is 16.6. The number of esters is 1. The fourth-order valence-corrected chi connectivity index (χ4v) is 1.03. The van der Waals surface area contributed by atoms with Gasteiger partial charge >= 0.3 is 11.9 Å². The van der Waals surface area contributed by atoms with E-state index in [9.17, 15) is 9.59 Å². The van der Waals surface area contributed by atoms with Gasteiger partial charge in [-0.2, -0.15) is 0 Å². The van der Waals surface area contributed by atoms with Crippen LogP contribution in [0.5, 0.6) is 0 Å². The molecule has 0 radical (unpaired) electrons. The number of rotatable bonds is 6. The molecule has 0 heterocycles. The van der Waals surface area contributed by atoms with E-state index in [1.165, 1.54) is 14.0 Å². The molecule has 0 aromatic rings. The zero-order valence-corrected chi connectivity index (χ0v) is 8.65. The lowest BCUT2D eigenvalue weighted by molar-refractivity contribution is -0.166. The molecule has 0 aromatic heterocycles. The fraction of sp³-hybridized carbons (Fsp3) is 0.778. The highest BCUT2D eigenvalue weighted by molar-refractivity contribution is 5.74. The third kappa shape index (κ3) is 4.23. The third-order valence-electron chi connectivity index (χ3n) is 1.70. The van der Waals surface area contributed by atoms with Gasteiger partial charge in [0.2, 0.25) is 0 Å². The van der Waals surface area contributed by atoms with E-state index in [4.69, 9.17) is 9.84 Å². The van der Waals surface area contributed by atoms with Gasteiger partial charge in [0.1, 0.15) is 6.10 Å². The average molecular weight is 204 g/mol. The van der Waals surface area contributed by atoms with Crippen LogP contribution in [0.3, 0.4) is 0 Å². The van der Waals surface area contributed by atoms with Gasteiger partial charge in [-0.3, -0.25) is 4.79 Å². The van der Waals surface area contributed by atoms with Crippen molar-refractivity contribution >= 4 is 11.9 Å². The molecule has 0 aliphatic heterocycles. The summed E-state index contributed by atoms with van der Waals surface area (Å²) >= 11 is 0. The van der Waals surface area contributed by atoms with Crippen molar-refractivity contribution in [2.24, 2.45) is 0 Å². The number of ether oxygens (including phenoxy) is 2. The van der Waals surface area contributed by atoms with E-state index < -0.39 is 24.1 Å². The van der Waals surface area contributed by atoms with Crippen molar-refractivity contribution in [3.8, 4) is 0 Å². The highest BCUT2D eigenvalue weighted by Gasteiger charge is 2.27. The Morgan fingerprint density at radius 3 is 2.36 bits per heavy atom. The first kappa shape index (κ1) is 12.9. The molecule has 0 fully saturated rings. The summed E-state index contributed by atoms with van der Waals surface area (Å²) in [7, 11) is 1.27. The van der Waals surface area contributed by atoms with Crippen LogP contribution < -0.4 is 0 Å². The fourth-order valence-electron chi connectivity index (χ4n) is 1.03. The molecule has 5 nitrogen and oxygen atoms in total. The Morgan fingerprint density at radius 2 is 2.00 bits per heavy atom. The number of carboxylic acids is 1. The average Bonchev–Trinajstić information content (AvgIpc) is 2.04. The molecule has 1 N–H and O–H groups in total. The third-order valence-corrected chi connectivity index (χ3v) is 1.70. The summed E-state index contributed by atoms with van der Waals surface area (Å²) in [6, 6.07) is 0. The van der Waals surface area contributed by atoms with Crippen molar-refractivity contribution in [2.75, 3.05) is 7.11 Å². The molecule has 0 spiro atoms. The van der Waals surface area contributed by atoms with Gasteiger partial charge in [-0.15, -0.1) is 0 Å². The second-order valence-corrected chi connectivity index (χ2v) is 2.94. The molecule has 0 amide bonds. The Bertz CT molecular complexity index is 201. The molecule has 0 bridgehead atoms. The summed E-state index contributed by atoms with van der Waals surface area (Å²) < 4.78 is 9.54. The first-order valence-electron chi connectivity index (χ1n) is 4.48. The molecular formula is C9H16O5. The molecule has 14 heavy (non-hydrogen) atoms. The lowest BCUT2D eigenvalue weighted by Crippen LogP contribution is -2.36. The van der Waals surface area contributed by atoms with E-state index in [0.717, 1.165) is 0 Å². The summed E-state index contributed by atoms with van der Waals surface area (Å²) in [5.74, 6) is -1.53.